The van der Waals surface area contributed by atoms with Gasteiger partial charge in [0, 0.05) is 37.6 Å². The molecule has 0 aliphatic heterocycles. The van der Waals surface area contributed by atoms with Crippen LogP contribution in [0.2, 0.25) is 0 Å². The molecule has 1 aromatic rings. The summed E-state index contributed by atoms with van der Waals surface area (Å²) in [4.78, 5) is 39.1. The minimum atomic E-state index is -1.11. The van der Waals surface area contributed by atoms with Crippen molar-refractivity contribution in [2.75, 3.05) is 26.8 Å². The van der Waals surface area contributed by atoms with Crippen molar-refractivity contribution in [3.8, 4) is 11.5 Å². The summed E-state index contributed by atoms with van der Waals surface area (Å²) < 4.78 is 12.3. The minimum Gasteiger partial charge on any atom is -0.493 e. The van der Waals surface area contributed by atoms with Crippen molar-refractivity contribution < 1.29 is 34.1 Å². The molecular formula is C29H39IN2O7. The summed E-state index contributed by atoms with van der Waals surface area (Å²) in [6.07, 6.45) is 3.75. The predicted molar refractivity (Wildman–Crippen MR) is 154 cm³/mol. The molecular weight excluding hydrogens is 615 g/mol. The summed E-state index contributed by atoms with van der Waals surface area (Å²) in [5.41, 5.74) is 1.04. The molecule has 0 radical (unpaired) electrons. The fourth-order valence-electron chi connectivity index (χ4n) is 6.77. The third kappa shape index (κ3) is 5.97. The third-order valence-corrected chi connectivity index (χ3v) is 9.89. The van der Waals surface area contributed by atoms with E-state index in [2.05, 4.69) is 19.2 Å². The Morgan fingerprint density at radius 1 is 1.28 bits per heavy atom. The van der Waals surface area contributed by atoms with Crippen molar-refractivity contribution in [1.82, 2.24) is 10.2 Å². The zero-order valence-electron chi connectivity index (χ0n) is 23.0. The largest absolute Gasteiger partial charge is 0.493 e. The zero-order valence-corrected chi connectivity index (χ0v) is 25.1. The summed E-state index contributed by atoms with van der Waals surface area (Å²) in [6, 6.07) is 2.52. The molecule has 3 saturated carbocycles. The van der Waals surface area contributed by atoms with Gasteiger partial charge in [0.1, 0.15) is 18.5 Å². The summed E-state index contributed by atoms with van der Waals surface area (Å²) >= 11 is 2.04. The van der Waals surface area contributed by atoms with E-state index in [0.717, 1.165) is 18.8 Å². The summed E-state index contributed by atoms with van der Waals surface area (Å²) in [7, 11) is 1.46. The van der Waals surface area contributed by atoms with E-state index in [0.29, 0.717) is 50.9 Å². The molecule has 39 heavy (non-hydrogen) atoms. The van der Waals surface area contributed by atoms with Crippen molar-refractivity contribution in [2.45, 2.75) is 64.7 Å². The monoisotopic (exact) mass is 654 g/mol. The van der Waals surface area contributed by atoms with Crippen LogP contribution in [0.3, 0.4) is 0 Å². The number of aldehydes is 1. The molecule has 0 aromatic heterocycles. The van der Waals surface area contributed by atoms with Gasteiger partial charge < -0.3 is 29.9 Å². The highest BCUT2D eigenvalue weighted by molar-refractivity contribution is 14.1. The molecule has 0 saturated heterocycles. The van der Waals surface area contributed by atoms with Crippen LogP contribution in [0.1, 0.15) is 56.8 Å². The standard InChI is InChI=1S/C29H39IN2O7/c1-16(35)32(14-18-5-6-20-13-21(18)29(20,2)3)23-11-19(28(37)31-7-8-33)12-24(26(23)36)39-27-22(30)9-17(15-34)10-25(27)38-4/h9-10,12,15,18,20-21,23-24,26,33,36H,5-8,11,13-14H2,1-4H3,(H,31,37). The van der Waals surface area contributed by atoms with Gasteiger partial charge in [-0.15, -0.1) is 0 Å². The van der Waals surface area contributed by atoms with Gasteiger partial charge in [0.2, 0.25) is 11.8 Å². The third-order valence-electron chi connectivity index (χ3n) is 9.09. The molecule has 9 nitrogen and oxygen atoms in total. The predicted octanol–water partition coefficient (Wildman–Crippen LogP) is 2.95. The SMILES string of the molecule is COc1cc(C=O)cc(I)c1OC1C=C(C(=O)NCCO)CC(N(CC2CCC3CC2C3(C)C)C(C)=O)C1O. The Kier molecular flexibility index (Phi) is 9.27. The molecule has 0 spiro atoms. The van der Waals surface area contributed by atoms with Crippen LogP contribution in [0.25, 0.3) is 0 Å². The lowest BCUT2D eigenvalue weighted by Gasteiger charge is -2.61. The molecule has 6 atom stereocenters. The average molecular weight is 655 g/mol. The Hall–Kier alpha value is -2.18. The normalized spacial score (nSPS) is 28.9. The Labute approximate surface area is 243 Å². The molecule has 3 fully saturated rings. The number of nitrogens with zero attached hydrogens (tertiary/aromatic N) is 1. The number of hydrogen-bond acceptors (Lipinski definition) is 7. The number of methoxy groups -OCH3 is 1. The highest BCUT2D eigenvalue weighted by Gasteiger charge is 2.55. The minimum absolute atomic E-state index is 0.0875. The summed E-state index contributed by atoms with van der Waals surface area (Å²) in [6.45, 7) is 6.53. The first-order valence-corrected chi connectivity index (χ1v) is 14.6. The number of nitrogens with one attached hydrogen (secondary N) is 1. The highest BCUT2D eigenvalue weighted by atomic mass is 127. The molecule has 1 aromatic carbocycles. The van der Waals surface area contributed by atoms with Crippen molar-refractivity contribution in [2.24, 2.45) is 23.2 Å². The summed E-state index contributed by atoms with van der Waals surface area (Å²) in [5.74, 6) is 1.71. The molecule has 2 amide bonds. The number of carbonyl (C=O) groups is 3. The van der Waals surface area contributed by atoms with E-state index in [9.17, 15) is 24.6 Å². The van der Waals surface area contributed by atoms with Gasteiger partial charge in [-0.2, -0.15) is 0 Å². The van der Waals surface area contributed by atoms with E-state index in [1.54, 1.807) is 23.1 Å². The van der Waals surface area contributed by atoms with E-state index in [4.69, 9.17) is 9.47 Å². The van der Waals surface area contributed by atoms with Crippen molar-refractivity contribution in [3.05, 3.63) is 32.9 Å². The van der Waals surface area contributed by atoms with Gasteiger partial charge in [-0.3, -0.25) is 14.4 Å². The van der Waals surface area contributed by atoms with Gasteiger partial charge in [0.15, 0.2) is 11.5 Å². The van der Waals surface area contributed by atoms with Crippen LogP contribution in [-0.4, -0.2) is 78.3 Å². The number of rotatable bonds is 10. The van der Waals surface area contributed by atoms with Crippen LogP contribution in [0.5, 0.6) is 11.5 Å². The first-order chi connectivity index (χ1) is 18.5. The number of fused-ring (bicyclic) bond motifs is 2. The van der Waals surface area contributed by atoms with Crippen LogP contribution >= 0.6 is 22.6 Å². The molecule has 5 rings (SSSR count). The Morgan fingerprint density at radius 3 is 2.62 bits per heavy atom. The second-order valence-corrected chi connectivity index (χ2v) is 12.7. The maximum atomic E-state index is 13.0. The van der Waals surface area contributed by atoms with Gasteiger partial charge >= 0.3 is 0 Å². The van der Waals surface area contributed by atoms with Gasteiger partial charge in [0.05, 0.1) is 23.3 Å². The number of aliphatic hydroxyl groups excluding tert-OH is 2. The smallest absolute Gasteiger partial charge is 0.247 e. The first kappa shape index (κ1) is 29.8. The molecule has 6 unspecified atom stereocenters. The molecule has 4 aliphatic rings. The van der Waals surface area contributed by atoms with Crippen LogP contribution in [0.4, 0.5) is 0 Å². The second-order valence-electron chi connectivity index (χ2n) is 11.5. The van der Waals surface area contributed by atoms with E-state index in [1.807, 2.05) is 22.6 Å². The van der Waals surface area contributed by atoms with Gasteiger partial charge in [-0.05, 0) is 83.2 Å². The van der Waals surface area contributed by atoms with Crippen molar-refractivity contribution in [3.63, 3.8) is 0 Å². The zero-order chi connectivity index (χ0) is 28.5. The Morgan fingerprint density at radius 2 is 2.03 bits per heavy atom. The molecule has 10 heteroatoms. The van der Waals surface area contributed by atoms with Crippen molar-refractivity contribution >= 4 is 40.7 Å². The van der Waals surface area contributed by atoms with Crippen LogP contribution < -0.4 is 14.8 Å². The van der Waals surface area contributed by atoms with Crippen molar-refractivity contribution in [1.29, 1.82) is 0 Å². The fourth-order valence-corrected chi connectivity index (χ4v) is 7.52. The number of halogens is 1. The Balaban J connectivity index is 1.65. The maximum absolute atomic E-state index is 13.0. The van der Waals surface area contributed by atoms with Crippen LogP contribution in [0.15, 0.2) is 23.8 Å². The van der Waals surface area contributed by atoms with E-state index >= 15 is 0 Å². The number of amides is 2. The van der Waals surface area contributed by atoms with E-state index in [1.165, 1.54) is 20.5 Å². The quantitative estimate of drug-likeness (QED) is 0.262. The maximum Gasteiger partial charge on any atom is 0.247 e. The fraction of sp³-hybridized carbons (Fsp3) is 0.621. The lowest BCUT2D eigenvalue weighted by molar-refractivity contribution is -0.146. The van der Waals surface area contributed by atoms with Gasteiger partial charge in [-0.1, -0.05) is 13.8 Å². The topological polar surface area (TPSA) is 125 Å². The second kappa shape index (κ2) is 12.1. The number of aliphatic hydroxyl groups is 2. The lowest BCUT2D eigenvalue weighted by atomic mass is 9.45. The molecule has 4 aliphatic carbocycles. The number of hydrogen-bond donors (Lipinski definition) is 3. The molecule has 3 N–H and O–H groups in total. The lowest BCUT2D eigenvalue weighted by Crippen LogP contribution is -2.59. The number of benzene rings is 1. The average Bonchev–Trinajstić information content (AvgIpc) is 2.92. The molecule has 0 heterocycles. The Bertz CT molecular complexity index is 1130. The summed E-state index contributed by atoms with van der Waals surface area (Å²) in [5, 5.41) is 23.5. The first-order valence-electron chi connectivity index (χ1n) is 13.6. The van der Waals surface area contributed by atoms with E-state index < -0.39 is 18.2 Å². The molecule has 214 valence electrons. The van der Waals surface area contributed by atoms with Gasteiger partial charge in [-0.25, -0.2) is 0 Å². The number of carbonyl (C=O) groups excluding carboxylic acids is 3. The number of ether oxygens (including phenoxy) is 2. The van der Waals surface area contributed by atoms with Crippen LogP contribution in [-0.2, 0) is 9.59 Å². The highest BCUT2D eigenvalue weighted by Crippen LogP contribution is 2.61. The molecule has 2 bridgehead atoms. The van der Waals surface area contributed by atoms with E-state index in [-0.39, 0.29) is 36.8 Å². The van der Waals surface area contributed by atoms with Crippen LogP contribution in [0, 0.1) is 26.7 Å². The van der Waals surface area contributed by atoms with Gasteiger partial charge in [0.25, 0.3) is 0 Å².